The van der Waals surface area contributed by atoms with Gasteiger partial charge in [-0.1, -0.05) is 36.6 Å². The Labute approximate surface area is 115 Å². The van der Waals surface area contributed by atoms with Gasteiger partial charge in [0.25, 0.3) is 0 Å². The first-order valence-corrected chi connectivity index (χ1v) is 7.12. The molecule has 0 bridgehead atoms. The second-order valence-electron chi connectivity index (χ2n) is 4.47. The number of rotatable bonds is 8. The predicted octanol–water partition coefficient (Wildman–Crippen LogP) is 4.57. The fraction of sp³-hybridized carbons (Fsp3) is 0.571. The normalized spacial score (nSPS) is 11.1. The van der Waals surface area contributed by atoms with Crippen molar-refractivity contribution in [2.24, 2.45) is 0 Å². The van der Waals surface area contributed by atoms with Crippen LogP contribution < -0.4 is 0 Å². The Morgan fingerprint density at radius 2 is 1.65 bits per heavy atom. The fourth-order valence-electron chi connectivity index (χ4n) is 1.81. The SMILES string of the molecule is CN(CCCCCCCl)Cc1ccc(Cl)cc1. The molecule has 0 saturated heterocycles. The lowest BCUT2D eigenvalue weighted by atomic mass is 10.2. The van der Waals surface area contributed by atoms with Crippen LogP contribution in [0.1, 0.15) is 31.2 Å². The highest BCUT2D eigenvalue weighted by Crippen LogP contribution is 2.11. The summed E-state index contributed by atoms with van der Waals surface area (Å²) in [6, 6.07) is 8.08. The van der Waals surface area contributed by atoms with Gasteiger partial charge in [0.2, 0.25) is 0 Å². The van der Waals surface area contributed by atoms with Crippen LogP contribution in [0.4, 0.5) is 0 Å². The molecule has 0 aliphatic carbocycles. The van der Waals surface area contributed by atoms with Gasteiger partial charge in [0, 0.05) is 17.4 Å². The van der Waals surface area contributed by atoms with Crippen LogP contribution in [-0.4, -0.2) is 24.4 Å². The third-order valence-corrected chi connectivity index (χ3v) is 3.31. The second kappa shape index (κ2) is 8.79. The highest BCUT2D eigenvalue weighted by atomic mass is 35.5. The topological polar surface area (TPSA) is 3.24 Å². The average molecular weight is 274 g/mol. The minimum atomic E-state index is 0.792. The lowest BCUT2D eigenvalue weighted by molar-refractivity contribution is 0.317. The first kappa shape index (κ1) is 14.8. The smallest absolute Gasteiger partial charge is 0.0406 e. The molecule has 0 atom stereocenters. The van der Waals surface area contributed by atoms with Crippen molar-refractivity contribution in [2.75, 3.05) is 19.5 Å². The molecule has 0 unspecified atom stereocenters. The summed E-state index contributed by atoms with van der Waals surface area (Å²) in [5.41, 5.74) is 1.32. The van der Waals surface area contributed by atoms with Crippen LogP contribution in [-0.2, 0) is 6.54 Å². The number of hydrogen-bond acceptors (Lipinski definition) is 1. The monoisotopic (exact) mass is 273 g/mol. The van der Waals surface area contributed by atoms with Gasteiger partial charge < -0.3 is 4.90 Å². The van der Waals surface area contributed by atoms with Crippen LogP contribution in [0.3, 0.4) is 0 Å². The molecule has 0 N–H and O–H groups in total. The zero-order chi connectivity index (χ0) is 12.5. The van der Waals surface area contributed by atoms with E-state index in [9.17, 15) is 0 Å². The summed E-state index contributed by atoms with van der Waals surface area (Å²) in [6.07, 6.45) is 4.92. The molecule has 0 fully saturated rings. The zero-order valence-corrected chi connectivity index (χ0v) is 12.0. The van der Waals surface area contributed by atoms with Crippen LogP contribution in [0.5, 0.6) is 0 Å². The van der Waals surface area contributed by atoms with Crippen molar-refractivity contribution < 1.29 is 0 Å². The van der Waals surface area contributed by atoms with Gasteiger partial charge in [0.05, 0.1) is 0 Å². The summed E-state index contributed by atoms with van der Waals surface area (Å²) in [4.78, 5) is 2.35. The first-order chi connectivity index (χ1) is 8.22. The molecule has 1 aromatic rings. The van der Waals surface area contributed by atoms with Crippen LogP contribution in [0.2, 0.25) is 5.02 Å². The van der Waals surface area contributed by atoms with Gasteiger partial charge in [0.15, 0.2) is 0 Å². The molecule has 0 saturated carbocycles. The largest absolute Gasteiger partial charge is 0.302 e. The molecule has 0 aliphatic heterocycles. The van der Waals surface area contributed by atoms with Gasteiger partial charge in [-0.25, -0.2) is 0 Å². The van der Waals surface area contributed by atoms with E-state index < -0.39 is 0 Å². The van der Waals surface area contributed by atoms with Gasteiger partial charge in [0.1, 0.15) is 0 Å². The van der Waals surface area contributed by atoms with Gasteiger partial charge in [-0.2, -0.15) is 0 Å². The minimum Gasteiger partial charge on any atom is -0.302 e. The van der Waals surface area contributed by atoms with Gasteiger partial charge >= 0.3 is 0 Å². The number of benzene rings is 1. The third kappa shape index (κ3) is 6.92. The quantitative estimate of drug-likeness (QED) is 0.495. The number of halogens is 2. The molecule has 1 rings (SSSR count). The molecule has 0 aromatic heterocycles. The molecule has 17 heavy (non-hydrogen) atoms. The van der Waals surface area contributed by atoms with Crippen LogP contribution in [0, 0.1) is 0 Å². The molecule has 1 aromatic carbocycles. The van der Waals surface area contributed by atoms with Gasteiger partial charge in [-0.3, -0.25) is 0 Å². The Bertz CT molecular complexity index is 298. The summed E-state index contributed by atoms with van der Waals surface area (Å²) in [6.45, 7) is 2.14. The maximum absolute atomic E-state index is 5.86. The molecular weight excluding hydrogens is 253 g/mol. The van der Waals surface area contributed by atoms with Crippen LogP contribution in [0.15, 0.2) is 24.3 Å². The highest BCUT2D eigenvalue weighted by Gasteiger charge is 2.00. The Balaban J connectivity index is 2.16. The van der Waals surface area contributed by atoms with Crippen molar-refractivity contribution in [1.29, 1.82) is 0 Å². The molecule has 0 aliphatic rings. The molecule has 0 amide bonds. The molecule has 96 valence electrons. The summed E-state index contributed by atoms with van der Waals surface area (Å²) in [7, 11) is 2.16. The summed E-state index contributed by atoms with van der Waals surface area (Å²) in [5.74, 6) is 0.792. The summed E-state index contributed by atoms with van der Waals surface area (Å²) >= 11 is 11.5. The van der Waals surface area contributed by atoms with E-state index in [1.54, 1.807) is 0 Å². The van der Waals surface area contributed by atoms with Crippen molar-refractivity contribution in [2.45, 2.75) is 32.2 Å². The fourth-order valence-corrected chi connectivity index (χ4v) is 2.13. The van der Waals surface area contributed by atoms with E-state index in [-0.39, 0.29) is 0 Å². The minimum absolute atomic E-state index is 0.792. The molecule has 3 heteroatoms. The van der Waals surface area contributed by atoms with Gasteiger partial charge in [-0.15, -0.1) is 11.6 Å². The van der Waals surface area contributed by atoms with Crippen molar-refractivity contribution in [1.82, 2.24) is 4.90 Å². The molecule has 1 nitrogen and oxygen atoms in total. The van der Waals surface area contributed by atoms with Gasteiger partial charge in [-0.05, 0) is 44.1 Å². The summed E-state index contributed by atoms with van der Waals surface area (Å²) in [5, 5.41) is 0.803. The first-order valence-electron chi connectivity index (χ1n) is 6.21. The van der Waals surface area contributed by atoms with Crippen molar-refractivity contribution in [3.05, 3.63) is 34.9 Å². The Kier molecular flexibility index (Phi) is 7.67. The molecule has 0 spiro atoms. The van der Waals surface area contributed by atoms with E-state index in [1.165, 1.54) is 24.8 Å². The predicted molar refractivity (Wildman–Crippen MR) is 77.0 cm³/mol. The second-order valence-corrected chi connectivity index (χ2v) is 5.28. The average Bonchev–Trinajstić information content (AvgIpc) is 2.32. The van der Waals surface area contributed by atoms with E-state index in [2.05, 4.69) is 24.1 Å². The maximum Gasteiger partial charge on any atom is 0.0406 e. The number of nitrogens with zero attached hydrogens (tertiary/aromatic N) is 1. The number of unbranched alkanes of at least 4 members (excludes halogenated alkanes) is 3. The van der Waals surface area contributed by atoms with E-state index in [0.717, 1.165) is 30.4 Å². The molecule has 0 radical (unpaired) electrons. The van der Waals surface area contributed by atoms with Crippen molar-refractivity contribution in [3.8, 4) is 0 Å². The Hall–Kier alpha value is -0.240. The lowest BCUT2D eigenvalue weighted by Gasteiger charge is -2.16. The van der Waals surface area contributed by atoms with E-state index in [1.807, 2.05) is 12.1 Å². The summed E-state index contributed by atoms with van der Waals surface area (Å²) < 4.78 is 0. The Morgan fingerprint density at radius 1 is 1.00 bits per heavy atom. The zero-order valence-electron chi connectivity index (χ0n) is 10.5. The number of alkyl halides is 1. The third-order valence-electron chi connectivity index (χ3n) is 2.79. The standard InChI is InChI=1S/C14H21Cl2N/c1-17(11-5-3-2-4-10-15)12-13-6-8-14(16)9-7-13/h6-9H,2-5,10-12H2,1H3. The van der Waals surface area contributed by atoms with E-state index in [0.29, 0.717) is 0 Å². The van der Waals surface area contributed by atoms with E-state index >= 15 is 0 Å². The number of hydrogen-bond donors (Lipinski definition) is 0. The van der Waals surface area contributed by atoms with Crippen LogP contribution >= 0.6 is 23.2 Å². The molecular formula is C14H21Cl2N. The highest BCUT2D eigenvalue weighted by molar-refractivity contribution is 6.30. The van der Waals surface area contributed by atoms with Crippen molar-refractivity contribution >= 4 is 23.2 Å². The van der Waals surface area contributed by atoms with Crippen LogP contribution in [0.25, 0.3) is 0 Å². The Morgan fingerprint density at radius 3 is 2.29 bits per heavy atom. The maximum atomic E-state index is 5.86. The van der Waals surface area contributed by atoms with E-state index in [4.69, 9.17) is 23.2 Å². The lowest BCUT2D eigenvalue weighted by Crippen LogP contribution is -2.18. The van der Waals surface area contributed by atoms with Crippen molar-refractivity contribution in [3.63, 3.8) is 0 Å². The molecule has 0 heterocycles.